The second-order valence-electron chi connectivity index (χ2n) is 5.96. The van der Waals surface area contributed by atoms with Gasteiger partial charge in [0.05, 0.1) is 12.2 Å². The molecule has 0 spiro atoms. The first-order valence-electron chi connectivity index (χ1n) is 6.35. The highest BCUT2D eigenvalue weighted by Gasteiger charge is 2.19. The van der Waals surface area contributed by atoms with Crippen LogP contribution in [0.15, 0.2) is 24.3 Å². The molecule has 1 N–H and O–H groups in total. The van der Waals surface area contributed by atoms with Crippen molar-refractivity contribution >= 4 is 15.9 Å². The predicted molar refractivity (Wildman–Crippen MR) is 76.1 cm³/mol. The molecule has 1 amide bonds. The summed E-state index contributed by atoms with van der Waals surface area (Å²) in [5.41, 5.74) is 0.448. The van der Waals surface area contributed by atoms with Crippen LogP contribution >= 0.6 is 0 Å². The van der Waals surface area contributed by atoms with Crippen LogP contribution in [0.4, 0.5) is 4.39 Å². The van der Waals surface area contributed by atoms with Crippen molar-refractivity contribution in [1.82, 2.24) is 4.72 Å². The highest BCUT2D eigenvalue weighted by Crippen LogP contribution is 2.18. The normalized spacial score (nSPS) is 12.2. The number of benzene rings is 1. The van der Waals surface area contributed by atoms with Crippen LogP contribution in [0.5, 0.6) is 0 Å². The Kier molecular flexibility index (Phi) is 5.28. The van der Waals surface area contributed by atoms with Crippen LogP contribution < -0.4 is 4.72 Å². The smallest absolute Gasteiger partial charge is 0.237 e. The zero-order valence-corrected chi connectivity index (χ0v) is 12.8. The number of carbonyl (C=O) groups is 1. The predicted octanol–water partition coefficient (Wildman–Crippen LogP) is 2.25. The second-order valence-corrected chi connectivity index (χ2v) is 7.80. The van der Waals surface area contributed by atoms with Crippen molar-refractivity contribution in [2.75, 3.05) is 5.75 Å². The lowest BCUT2D eigenvalue weighted by Crippen LogP contribution is -2.34. The van der Waals surface area contributed by atoms with Gasteiger partial charge in [0, 0.05) is 0 Å². The summed E-state index contributed by atoms with van der Waals surface area (Å²) in [5, 5.41) is 0. The molecule has 0 heterocycles. The first-order valence-corrected chi connectivity index (χ1v) is 8.00. The lowest BCUT2D eigenvalue weighted by molar-refractivity contribution is -0.118. The molecule has 0 fully saturated rings. The van der Waals surface area contributed by atoms with E-state index in [9.17, 15) is 17.6 Å². The van der Waals surface area contributed by atoms with E-state index < -0.39 is 21.7 Å². The van der Waals surface area contributed by atoms with Crippen molar-refractivity contribution in [2.45, 2.75) is 33.6 Å². The minimum atomic E-state index is -3.62. The number of carbonyl (C=O) groups excluding carboxylic acids is 1. The SMILES string of the molecule is CC(C)(C)CCS(=O)(=O)NC(=O)Cc1ccc(F)cc1. The molecule has 1 aromatic carbocycles. The highest BCUT2D eigenvalue weighted by atomic mass is 32.2. The molecule has 0 radical (unpaired) electrons. The first kappa shape index (κ1) is 16.6. The minimum absolute atomic E-state index is 0.0883. The van der Waals surface area contributed by atoms with Gasteiger partial charge in [0.2, 0.25) is 15.9 Å². The van der Waals surface area contributed by atoms with Gasteiger partial charge in [-0.1, -0.05) is 32.9 Å². The average Bonchev–Trinajstić information content (AvgIpc) is 2.28. The molecule has 0 atom stereocenters. The summed E-state index contributed by atoms with van der Waals surface area (Å²) in [6.07, 6.45) is 0.376. The maximum absolute atomic E-state index is 12.7. The molecular formula is C14H20FNO3S. The fraction of sp³-hybridized carbons (Fsp3) is 0.500. The van der Waals surface area contributed by atoms with Crippen LogP contribution in [0.25, 0.3) is 0 Å². The number of hydrogen-bond acceptors (Lipinski definition) is 3. The number of rotatable bonds is 5. The van der Waals surface area contributed by atoms with Gasteiger partial charge in [0.15, 0.2) is 0 Å². The van der Waals surface area contributed by atoms with E-state index in [1.807, 2.05) is 25.5 Å². The summed E-state index contributed by atoms with van der Waals surface area (Å²) in [5.74, 6) is -1.09. The van der Waals surface area contributed by atoms with Crippen molar-refractivity contribution < 1.29 is 17.6 Å². The molecule has 1 rings (SSSR count). The maximum Gasteiger partial charge on any atom is 0.237 e. The number of hydrogen-bond donors (Lipinski definition) is 1. The fourth-order valence-corrected chi connectivity index (χ4v) is 2.89. The Bertz CT molecular complexity index is 559. The average molecular weight is 301 g/mol. The van der Waals surface area contributed by atoms with Gasteiger partial charge < -0.3 is 0 Å². The Labute approximate surface area is 119 Å². The van der Waals surface area contributed by atoms with Crippen molar-refractivity contribution in [2.24, 2.45) is 5.41 Å². The largest absolute Gasteiger partial charge is 0.274 e. The lowest BCUT2D eigenvalue weighted by atomic mass is 9.94. The van der Waals surface area contributed by atoms with Gasteiger partial charge in [-0.25, -0.2) is 12.8 Å². The zero-order valence-electron chi connectivity index (χ0n) is 11.9. The molecule has 4 nitrogen and oxygen atoms in total. The minimum Gasteiger partial charge on any atom is -0.274 e. The molecule has 0 aliphatic heterocycles. The summed E-state index contributed by atoms with van der Waals surface area (Å²) in [4.78, 5) is 11.7. The van der Waals surface area contributed by atoms with E-state index in [2.05, 4.69) is 0 Å². The molecule has 0 saturated carbocycles. The molecule has 6 heteroatoms. The van der Waals surface area contributed by atoms with E-state index in [0.29, 0.717) is 12.0 Å². The Morgan fingerprint density at radius 3 is 2.25 bits per heavy atom. The molecule has 1 aromatic rings. The molecule has 0 aromatic heterocycles. The monoisotopic (exact) mass is 301 g/mol. The Morgan fingerprint density at radius 2 is 1.75 bits per heavy atom. The molecular weight excluding hydrogens is 281 g/mol. The molecule has 0 saturated heterocycles. The van der Waals surface area contributed by atoms with E-state index in [0.717, 1.165) is 0 Å². The zero-order chi connectivity index (χ0) is 15.4. The quantitative estimate of drug-likeness (QED) is 0.907. The van der Waals surface area contributed by atoms with Gasteiger partial charge in [-0.3, -0.25) is 9.52 Å². The third kappa shape index (κ3) is 6.65. The van der Waals surface area contributed by atoms with Crippen LogP contribution in [0, 0.1) is 11.2 Å². The van der Waals surface area contributed by atoms with Gasteiger partial charge in [-0.15, -0.1) is 0 Å². The first-order chi connectivity index (χ1) is 9.07. The van der Waals surface area contributed by atoms with Crippen LogP contribution in [-0.2, 0) is 21.2 Å². The number of amides is 1. The molecule has 0 aliphatic rings. The summed E-state index contributed by atoms with van der Waals surface area (Å²) < 4.78 is 38.2. The Morgan fingerprint density at radius 1 is 1.20 bits per heavy atom. The van der Waals surface area contributed by atoms with E-state index in [1.165, 1.54) is 24.3 Å². The van der Waals surface area contributed by atoms with Crippen molar-refractivity contribution in [1.29, 1.82) is 0 Å². The molecule has 0 aliphatic carbocycles. The van der Waals surface area contributed by atoms with E-state index >= 15 is 0 Å². The second kappa shape index (κ2) is 6.35. The van der Waals surface area contributed by atoms with Gasteiger partial charge >= 0.3 is 0 Å². The van der Waals surface area contributed by atoms with Crippen molar-refractivity contribution in [3.63, 3.8) is 0 Å². The van der Waals surface area contributed by atoms with Crippen molar-refractivity contribution in [3.05, 3.63) is 35.6 Å². The topological polar surface area (TPSA) is 63.2 Å². The van der Waals surface area contributed by atoms with Gasteiger partial charge in [-0.2, -0.15) is 0 Å². The van der Waals surface area contributed by atoms with E-state index in [1.54, 1.807) is 0 Å². The number of sulfonamides is 1. The highest BCUT2D eigenvalue weighted by molar-refractivity contribution is 7.90. The maximum atomic E-state index is 12.7. The van der Waals surface area contributed by atoms with Gasteiger partial charge in [-0.05, 0) is 29.5 Å². The summed E-state index contributed by atoms with van der Waals surface area (Å²) in [6, 6.07) is 5.38. The van der Waals surface area contributed by atoms with E-state index in [4.69, 9.17) is 0 Å². The van der Waals surface area contributed by atoms with E-state index in [-0.39, 0.29) is 17.6 Å². The fourth-order valence-electron chi connectivity index (χ4n) is 1.49. The van der Waals surface area contributed by atoms with Crippen LogP contribution in [-0.4, -0.2) is 20.1 Å². The van der Waals surface area contributed by atoms with Crippen LogP contribution in [0.1, 0.15) is 32.8 Å². The van der Waals surface area contributed by atoms with Crippen LogP contribution in [0.2, 0.25) is 0 Å². The van der Waals surface area contributed by atoms with Crippen molar-refractivity contribution in [3.8, 4) is 0 Å². The lowest BCUT2D eigenvalue weighted by Gasteiger charge is -2.17. The van der Waals surface area contributed by atoms with Gasteiger partial charge in [0.1, 0.15) is 5.82 Å². The number of halogens is 1. The van der Waals surface area contributed by atoms with Gasteiger partial charge in [0.25, 0.3) is 0 Å². The summed E-state index contributed by atoms with van der Waals surface area (Å²) in [6.45, 7) is 5.80. The molecule has 0 unspecified atom stereocenters. The summed E-state index contributed by atoms with van der Waals surface area (Å²) in [7, 11) is -3.62. The Balaban J connectivity index is 2.55. The third-order valence-corrected chi connectivity index (χ3v) is 3.95. The molecule has 0 bridgehead atoms. The van der Waals surface area contributed by atoms with Crippen LogP contribution in [0.3, 0.4) is 0 Å². The third-order valence-electron chi connectivity index (χ3n) is 2.67. The Hall–Kier alpha value is -1.43. The summed E-state index contributed by atoms with van der Waals surface area (Å²) >= 11 is 0. The molecule has 112 valence electrons. The number of nitrogens with one attached hydrogen (secondary N) is 1. The molecule has 20 heavy (non-hydrogen) atoms. The standard InChI is InChI=1S/C14H20FNO3S/c1-14(2,3)8-9-20(18,19)16-13(17)10-11-4-6-12(15)7-5-11/h4-7H,8-10H2,1-3H3,(H,16,17).